The molecule has 0 bridgehead atoms. The molecular weight excluding hydrogens is 314 g/mol. The van der Waals surface area contributed by atoms with E-state index in [9.17, 15) is 14.4 Å². The average molecular weight is 337 g/mol. The molecule has 0 atom stereocenters. The van der Waals surface area contributed by atoms with Crippen molar-refractivity contribution in [3.05, 3.63) is 24.3 Å². The summed E-state index contributed by atoms with van der Waals surface area (Å²) in [7, 11) is 1.53. The fourth-order valence-electron chi connectivity index (χ4n) is 1.90. The van der Waals surface area contributed by atoms with Crippen molar-refractivity contribution in [2.45, 2.75) is 25.7 Å². The van der Waals surface area contributed by atoms with Crippen molar-refractivity contribution >= 4 is 23.6 Å². The van der Waals surface area contributed by atoms with Crippen LogP contribution in [0.2, 0.25) is 0 Å². The molecule has 132 valence electrons. The number of nitrogens with two attached hydrogens (primary N) is 1. The fourth-order valence-corrected chi connectivity index (χ4v) is 1.90. The molecule has 1 aromatic rings. The topological polar surface area (TPSA) is 120 Å². The van der Waals surface area contributed by atoms with E-state index in [1.54, 1.807) is 24.3 Å². The predicted molar refractivity (Wildman–Crippen MR) is 88.6 cm³/mol. The summed E-state index contributed by atoms with van der Waals surface area (Å²) in [5.41, 5.74) is 5.49. The third-order valence-corrected chi connectivity index (χ3v) is 3.07. The number of urea groups is 1. The highest BCUT2D eigenvalue weighted by Crippen LogP contribution is 2.16. The molecule has 8 nitrogen and oxygen atoms in total. The summed E-state index contributed by atoms with van der Waals surface area (Å²) in [5, 5.41) is 5.08. The van der Waals surface area contributed by atoms with Crippen molar-refractivity contribution in [3.8, 4) is 5.75 Å². The number of carbonyl (C=O) groups excluding carboxylic acids is 3. The van der Waals surface area contributed by atoms with Gasteiger partial charge in [0.15, 0.2) is 6.61 Å². The van der Waals surface area contributed by atoms with Gasteiger partial charge in [0.25, 0.3) is 5.91 Å². The van der Waals surface area contributed by atoms with Crippen molar-refractivity contribution in [2.24, 2.45) is 5.73 Å². The molecule has 0 aliphatic heterocycles. The van der Waals surface area contributed by atoms with Gasteiger partial charge in [-0.15, -0.1) is 0 Å². The van der Waals surface area contributed by atoms with E-state index in [1.807, 2.05) is 0 Å². The zero-order chi connectivity index (χ0) is 17.8. The summed E-state index contributed by atoms with van der Waals surface area (Å²) < 4.78 is 9.96. The van der Waals surface area contributed by atoms with Gasteiger partial charge in [-0.25, -0.2) is 4.79 Å². The Hall–Kier alpha value is -2.77. The van der Waals surface area contributed by atoms with E-state index in [0.717, 1.165) is 12.8 Å². The maximum absolute atomic E-state index is 11.7. The quantitative estimate of drug-likeness (QED) is 0.440. The molecule has 0 aliphatic rings. The number of ether oxygens (including phenoxy) is 2. The minimum Gasteiger partial charge on any atom is -0.497 e. The van der Waals surface area contributed by atoms with Crippen LogP contribution < -0.4 is 21.1 Å². The van der Waals surface area contributed by atoms with Crippen molar-refractivity contribution in [2.75, 3.05) is 25.6 Å². The summed E-state index contributed by atoms with van der Waals surface area (Å²) in [6.07, 6.45) is 2.33. The Morgan fingerprint density at radius 1 is 1.17 bits per heavy atom. The van der Waals surface area contributed by atoms with Gasteiger partial charge in [-0.3, -0.25) is 9.59 Å². The molecule has 0 heterocycles. The number of primary amides is 1. The number of methoxy groups -OCH3 is 1. The molecule has 3 amide bonds. The van der Waals surface area contributed by atoms with E-state index >= 15 is 0 Å². The summed E-state index contributed by atoms with van der Waals surface area (Å²) >= 11 is 0. The van der Waals surface area contributed by atoms with Gasteiger partial charge in [0.2, 0.25) is 0 Å². The highest BCUT2D eigenvalue weighted by molar-refractivity contribution is 5.92. The van der Waals surface area contributed by atoms with Crippen LogP contribution in [-0.4, -0.2) is 38.2 Å². The largest absolute Gasteiger partial charge is 0.497 e. The second kappa shape index (κ2) is 10.9. The van der Waals surface area contributed by atoms with Gasteiger partial charge in [-0.05, 0) is 25.0 Å². The Bertz CT molecular complexity index is 562. The number of amides is 3. The number of unbranched alkanes of at least 4 members (excludes halogenated alkanes) is 2. The first kappa shape index (κ1) is 19.3. The summed E-state index contributed by atoms with van der Waals surface area (Å²) in [4.78, 5) is 33.7. The lowest BCUT2D eigenvalue weighted by atomic mass is 10.2. The second-order valence-corrected chi connectivity index (χ2v) is 5.04. The smallest absolute Gasteiger partial charge is 0.312 e. The lowest BCUT2D eigenvalue weighted by Crippen LogP contribution is -2.29. The molecule has 0 unspecified atom stereocenters. The Balaban J connectivity index is 2.15. The summed E-state index contributed by atoms with van der Waals surface area (Å²) in [6.45, 7) is 0.145. The molecule has 0 aromatic heterocycles. The van der Waals surface area contributed by atoms with Gasteiger partial charge in [0.05, 0.1) is 7.11 Å². The van der Waals surface area contributed by atoms with Crippen LogP contribution in [0.5, 0.6) is 5.75 Å². The molecule has 0 fully saturated rings. The molecule has 0 saturated carbocycles. The number of hydrogen-bond donors (Lipinski definition) is 3. The van der Waals surface area contributed by atoms with E-state index in [1.165, 1.54) is 7.11 Å². The fraction of sp³-hybridized carbons (Fsp3) is 0.438. The SMILES string of the molecule is COc1cccc(NC(=O)COC(=O)CCCCCNC(N)=O)c1. The van der Waals surface area contributed by atoms with Gasteiger partial charge < -0.3 is 25.8 Å². The Morgan fingerprint density at radius 2 is 1.96 bits per heavy atom. The van der Waals surface area contributed by atoms with Crippen molar-refractivity contribution in [1.82, 2.24) is 5.32 Å². The Kier molecular flexibility index (Phi) is 8.73. The van der Waals surface area contributed by atoms with E-state index in [-0.39, 0.29) is 13.0 Å². The molecule has 0 spiro atoms. The maximum Gasteiger partial charge on any atom is 0.312 e. The van der Waals surface area contributed by atoms with Crippen LogP contribution in [0.3, 0.4) is 0 Å². The maximum atomic E-state index is 11.7. The normalized spacial score (nSPS) is 9.88. The van der Waals surface area contributed by atoms with Crippen LogP contribution in [0.1, 0.15) is 25.7 Å². The van der Waals surface area contributed by atoms with Crippen LogP contribution in [-0.2, 0) is 14.3 Å². The molecule has 1 rings (SSSR count). The molecule has 0 radical (unpaired) electrons. The molecule has 24 heavy (non-hydrogen) atoms. The standard InChI is InChI=1S/C16H23N3O5/c1-23-13-7-5-6-12(10-13)19-14(20)11-24-15(21)8-3-2-4-9-18-16(17)22/h5-7,10H,2-4,8-9,11H2,1H3,(H,19,20)(H3,17,18,22). The molecule has 0 aliphatic carbocycles. The molecule has 4 N–H and O–H groups in total. The molecule has 0 saturated heterocycles. The predicted octanol–water partition coefficient (Wildman–Crippen LogP) is 1.41. The zero-order valence-electron chi connectivity index (χ0n) is 13.7. The van der Waals surface area contributed by atoms with Crippen LogP contribution in [0.15, 0.2) is 24.3 Å². The lowest BCUT2D eigenvalue weighted by Gasteiger charge is -2.08. The van der Waals surface area contributed by atoms with E-state index in [2.05, 4.69) is 10.6 Å². The number of nitrogens with one attached hydrogen (secondary N) is 2. The van der Waals surface area contributed by atoms with Gasteiger partial charge in [-0.1, -0.05) is 12.5 Å². The minimum atomic E-state index is -0.559. The van der Waals surface area contributed by atoms with Crippen LogP contribution >= 0.6 is 0 Å². The highest BCUT2D eigenvalue weighted by atomic mass is 16.5. The average Bonchev–Trinajstić information content (AvgIpc) is 2.56. The first-order chi connectivity index (χ1) is 11.5. The Morgan fingerprint density at radius 3 is 2.67 bits per heavy atom. The van der Waals surface area contributed by atoms with Crippen LogP contribution in [0.25, 0.3) is 0 Å². The second-order valence-electron chi connectivity index (χ2n) is 5.04. The van der Waals surface area contributed by atoms with E-state index in [0.29, 0.717) is 24.4 Å². The van der Waals surface area contributed by atoms with Gasteiger partial charge in [0, 0.05) is 24.7 Å². The lowest BCUT2D eigenvalue weighted by molar-refractivity contribution is -0.147. The molecule has 8 heteroatoms. The number of carbonyl (C=O) groups is 3. The number of esters is 1. The number of anilines is 1. The monoisotopic (exact) mass is 337 g/mol. The van der Waals surface area contributed by atoms with Gasteiger partial charge in [-0.2, -0.15) is 0 Å². The number of benzene rings is 1. The Labute approximate surface area is 140 Å². The van der Waals surface area contributed by atoms with Crippen molar-refractivity contribution < 1.29 is 23.9 Å². The van der Waals surface area contributed by atoms with Crippen LogP contribution in [0.4, 0.5) is 10.5 Å². The molecule has 1 aromatic carbocycles. The molecular formula is C16H23N3O5. The van der Waals surface area contributed by atoms with Crippen molar-refractivity contribution in [3.63, 3.8) is 0 Å². The van der Waals surface area contributed by atoms with E-state index < -0.39 is 17.9 Å². The number of hydrogen-bond acceptors (Lipinski definition) is 5. The first-order valence-electron chi connectivity index (χ1n) is 7.64. The highest BCUT2D eigenvalue weighted by Gasteiger charge is 2.08. The first-order valence-corrected chi connectivity index (χ1v) is 7.64. The zero-order valence-corrected chi connectivity index (χ0v) is 13.7. The third-order valence-electron chi connectivity index (χ3n) is 3.07. The number of rotatable bonds is 10. The van der Waals surface area contributed by atoms with Gasteiger partial charge >= 0.3 is 12.0 Å². The summed E-state index contributed by atoms with van der Waals surface area (Å²) in [5.74, 6) is -0.225. The van der Waals surface area contributed by atoms with Gasteiger partial charge in [0.1, 0.15) is 5.75 Å². The van der Waals surface area contributed by atoms with Crippen molar-refractivity contribution in [1.29, 1.82) is 0 Å². The van der Waals surface area contributed by atoms with Crippen LogP contribution in [0, 0.1) is 0 Å². The summed E-state index contributed by atoms with van der Waals surface area (Å²) in [6, 6.07) is 6.32. The minimum absolute atomic E-state index is 0.225. The third kappa shape index (κ3) is 8.62. The van der Waals surface area contributed by atoms with E-state index in [4.69, 9.17) is 15.2 Å².